The van der Waals surface area contributed by atoms with Crippen molar-refractivity contribution in [1.82, 2.24) is 0 Å². The summed E-state index contributed by atoms with van der Waals surface area (Å²) in [6.45, 7) is 4.73. The zero-order valence-electron chi connectivity index (χ0n) is 11.9. The van der Waals surface area contributed by atoms with Crippen LogP contribution >= 0.6 is 0 Å². The minimum absolute atomic E-state index is 0.112. The molecule has 2 N–H and O–H groups in total. The maximum atomic E-state index is 6.58. The number of rotatable bonds is 4. The average molecular weight is 245 g/mol. The van der Waals surface area contributed by atoms with Crippen molar-refractivity contribution in [2.24, 2.45) is 17.6 Å². The molecule has 1 nitrogen and oxygen atoms in total. The lowest BCUT2D eigenvalue weighted by Crippen LogP contribution is -2.45. The first kappa shape index (κ1) is 13.6. The fraction of sp³-hybridized carbons (Fsp3) is 0.647. The van der Waals surface area contributed by atoms with Crippen LogP contribution in [-0.2, 0) is 6.42 Å². The van der Waals surface area contributed by atoms with E-state index >= 15 is 0 Å². The van der Waals surface area contributed by atoms with Crippen LogP contribution in [0.25, 0.3) is 0 Å². The first-order valence-electron chi connectivity index (χ1n) is 7.42. The third-order valence-corrected chi connectivity index (χ3v) is 4.78. The molecule has 1 aliphatic carbocycles. The topological polar surface area (TPSA) is 26.0 Å². The van der Waals surface area contributed by atoms with Crippen LogP contribution in [0.2, 0.25) is 0 Å². The minimum Gasteiger partial charge on any atom is -0.325 e. The van der Waals surface area contributed by atoms with E-state index in [0.717, 1.165) is 11.8 Å². The van der Waals surface area contributed by atoms with Crippen LogP contribution in [-0.4, -0.2) is 5.54 Å². The molecule has 0 radical (unpaired) electrons. The van der Waals surface area contributed by atoms with Crippen LogP contribution < -0.4 is 5.73 Å². The summed E-state index contributed by atoms with van der Waals surface area (Å²) >= 11 is 0. The minimum atomic E-state index is 0.112. The standard InChI is InChI=1S/C17H27N/c1-14-10-12-17(18,13-15(14)2)11-6-9-16-7-4-3-5-8-16/h3-5,7-8,14-15H,6,9-13,18H2,1-2H3. The Balaban J connectivity index is 1.79. The normalized spacial score (nSPS) is 32.4. The monoisotopic (exact) mass is 245 g/mol. The molecule has 0 spiro atoms. The predicted molar refractivity (Wildman–Crippen MR) is 78.5 cm³/mol. The second-order valence-electron chi connectivity index (χ2n) is 6.40. The fourth-order valence-corrected chi connectivity index (χ4v) is 3.26. The Morgan fingerprint density at radius 3 is 2.56 bits per heavy atom. The third-order valence-electron chi connectivity index (χ3n) is 4.78. The van der Waals surface area contributed by atoms with Crippen molar-refractivity contribution in [2.45, 2.75) is 57.9 Å². The maximum Gasteiger partial charge on any atom is 0.0157 e. The number of benzene rings is 1. The van der Waals surface area contributed by atoms with Gasteiger partial charge in [-0.05, 0) is 55.9 Å². The maximum absolute atomic E-state index is 6.58. The number of hydrogen-bond donors (Lipinski definition) is 1. The van der Waals surface area contributed by atoms with E-state index < -0.39 is 0 Å². The molecule has 0 saturated heterocycles. The molecule has 0 amide bonds. The van der Waals surface area contributed by atoms with E-state index in [4.69, 9.17) is 5.73 Å². The van der Waals surface area contributed by atoms with E-state index in [1.54, 1.807) is 0 Å². The molecule has 0 aromatic heterocycles. The highest BCUT2D eigenvalue weighted by atomic mass is 14.7. The van der Waals surface area contributed by atoms with Crippen molar-refractivity contribution >= 4 is 0 Å². The predicted octanol–water partition coefficient (Wildman–Crippen LogP) is 4.16. The van der Waals surface area contributed by atoms with Crippen LogP contribution in [0.5, 0.6) is 0 Å². The second kappa shape index (κ2) is 5.88. The third kappa shape index (κ3) is 3.58. The van der Waals surface area contributed by atoms with E-state index in [1.807, 2.05) is 0 Å². The molecule has 0 heterocycles. The van der Waals surface area contributed by atoms with Crippen molar-refractivity contribution < 1.29 is 0 Å². The smallest absolute Gasteiger partial charge is 0.0157 e. The lowest BCUT2D eigenvalue weighted by Gasteiger charge is -2.40. The van der Waals surface area contributed by atoms with Gasteiger partial charge < -0.3 is 5.73 Å². The van der Waals surface area contributed by atoms with Gasteiger partial charge in [0, 0.05) is 5.54 Å². The largest absolute Gasteiger partial charge is 0.325 e. The Morgan fingerprint density at radius 1 is 1.17 bits per heavy atom. The zero-order valence-corrected chi connectivity index (χ0v) is 11.9. The van der Waals surface area contributed by atoms with Crippen molar-refractivity contribution in [3.8, 4) is 0 Å². The van der Waals surface area contributed by atoms with Crippen LogP contribution in [0.15, 0.2) is 30.3 Å². The summed E-state index contributed by atoms with van der Waals surface area (Å²) in [4.78, 5) is 0. The molecule has 1 fully saturated rings. The molecule has 3 unspecified atom stereocenters. The quantitative estimate of drug-likeness (QED) is 0.846. The molecule has 1 aromatic carbocycles. The Hall–Kier alpha value is -0.820. The summed E-state index contributed by atoms with van der Waals surface area (Å²) in [6.07, 6.45) is 7.31. The first-order valence-corrected chi connectivity index (χ1v) is 7.42. The summed E-state index contributed by atoms with van der Waals surface area (Å²) in [7, 11) is 0. The van der Waals surface area contributed by atoms with Gasteiger partial charge in [-0.25, -0.2) is 0 Å². The van der Waals surface area contributed by atoms with Gasteiger partial charge in [-0.3, -0.25) is 0 Å². The fourth-order valence-electron chi connectivity index (χ4n) is 3.26. The highest BCUT2D eigenvalue weighted by Gasteiger charge is 2.33. The highest BCUT2D eigenvalue weighted by Crippen LogP contribution is 2.37. The highest BCUT2D eigenvalue weighted by molar-refractivity contribution is 5.14. The van der Waals surface area contributed by atoms with Crippen molar-refractivity contribution in [3.05, 3.63) is 35.9 Å². The lowest BCUT2D eigenvalue weighted by molar-refractivity contribution is 0.165. The molecule has 1 aliphatic rings. The summed E-state index contributed by atoms with van der Waals surface area (Å²) in [5, 5.41) is 0. The first-order chi connectivity index (χ1) is 8.59. The molecular weight excluding hydrogens is 218 g/mol. The average Bonchev–Trinajstić information content (AvgIpc) is 2.36. The van der Waals surface area contributed by atoms with Crippen LogP contribution in [0.1, 0.15) is 51.5 Å². The number of nitrogens with two attached hydrogens (primary N) is 1. The number of aryl methyl sites for hydroxylation is 1. The van der Waals surface area contributed by atoms with Gasteiger partial charge in [0.05, 0.1) is 0 Å². The van der Waals surface area contributed by atoms with Crippen LogP contribution in [0, 0.1) is 11.8 Å². The molecule has 1 aromatic rings. The zero-order chi connectivity index (χ0) is 13.0. The summed E-state index contributed by atoms with van der Waals surface area (Å²) in [5.41, 5.74) is 8.13. The summed E-state index contributed by atoms with van der Waals surface area (Å²) in [5.74, 6) is 1.65. The molecule has 100 valence electrons. The molecule has 1 heteroatoms. The SMILES string of the molecule is CC1CCC(N)(CCCc2ccccc2)CC1C. The van der Waals surface area contributed by atoms with E-state index in [9.17, 15) is 0 Å². The van der Waals surface area contributed by atoms with E-state index in [2.05, 4.69) is 44.2 Å². The Bertz CT molecular complexity index is 359. The van der Waals surface area contributed by atoms with Crippen molar-refractivity contribution in [1.29, 1.82) is 0 Å². The summed E-state index contributed by atoms with van der Waals surface area (Å²) < 4.78 is 0. The Kier molecular flexibility index (Phi) is 4.45. The van der Waals surface area contributed by atoms with Gasteiger partial charge in [-0.15, -0.1) is 0 Å². The van der Waals surface area contributed by atoms with Crippen LogP contribution in [0.3, 0.4) is 0 Å². The van der Waals surface area contributed by atoms with E-state index in [0.29, 0.717) is 0 Å². The molecule has 1 saturated carbocycles. The van der Waals surface area contributed by atoms with Crippen molar-refractivity contribution in [3.63, 3.8) is 0 Å². The lowest BCUT2D eigenvalue weighted by atomic mass is 9.70. The van der Waals surface area contributed by atoms with Gasteiger partial charge in [0.2, 0.25) is 0 Å². The van der Waals surface area contributed by atoms with Gasteiger partial charge in [0.25, 0.3) is 0 Å². The molecule has 3 atom stereocenters. The molecule has 18 heavy (non-hydrogen) atoms. The molecule has 0 aliphatic heterocycles. The Morgan fingerprint density at radius 2 is 1.89 bits per heavy atom. The van der Waals surface area contributed by atoms with Gasteiger partial charge in [-0.2, -0.15) is 0 Å². The molecule has 2 rings (SSSR count). The van der Waals surface area contributed by atoms with Crippen molar-refractivity contribution in [2.75, 3.05) is 0 Å². The second-order valence-corrected chi connectivity index (χ2v) is 6.40. The summed E-state index contributed by atoms with van der Waals surface area (Å²) in [6, 6.07) is 10.8. The molecule has 0 bridgehead atoms. The van der Waals surface area contributed by atoms with E-state index in [1.165, 1.54) is 44.1 Å². The Labute approximate surface area is 112 Å². The number of hydrogen-bond acceptors (Lipinski definition) is 1. The van der Waals surface area contributed by atoms with Gasteiger partial charge in [0.15, 0.2) is 0 Å². The van der Waals surface area contributed by atoms with Gasteiger partial charge >= 0.3 is 0 Å². The van der Waals surface area contributed by atoms with E-state index in [-0.39, 0.29) is 5.54 Å². The van der Waals surface area contributed by atoms with Crippen LogP contribution in [0.4, 0.5) is 0 Å². The van der Waals surface area contributed by atoms with Gasteiger partial charge in [-0.1, -0.05) is 44.2 Å². The van der Waals surface area contributed by atoms with Gasteiger partial charge in [0.1, 0.15) is 0 Å². The molecular formula is C17H27N.